The van der Waals surface area contributed by atoms with Crippen LogP contribution in [0.3, 0.4) is 0 Å². The number of carbonyl (C=O) groups is 3. The van der Waals surface area contributed by atoms with Crippen molar-refractivity contribution in [2.45, 2.75) is 56.9 Å². The lowest BCUT2D eigenvalue weighted by atomic mass is 9.69. The first-order valence-corrected chi connectivity index (χ1v) is 11.2. The SMILES string of the molecule is N=C(N)c1ccc(OCCCC(CC(=O)O)(C2CCCCC2)N2CCNC(=O)C2=O)cc1. The van der Waals surface area contributed by atoms with Gasteiger partial charge in [0.1, 0.15) is 11.6 Å². The van der Waals surface area contributed by atoms with E-state index < -0.39 is 23.3 Å². The maximum absolute atomic E-state index is 12.8. The lowest BCUT2D eigenvalue weighted by Crippen LogP contribution is -2.65. The number of nitrogens with two attached hydrogens (primary N) is 1. The lowest BCUT2D eigenvalue weighted by Gasteiger charge is -2.50. The van der Waals surface area contributed by atoms with E-state index in [0.717, 1.165) is 32.1 Å². The number of benzene rings is 1. The summed E-state index contributed by atoms with van der Waals surface area (Å²) in [7, 11) is 0. The summed E-state index contributed by atoms with van der Waals surface area (Å²) in [4.78, 5) is 38.4. The van der Waals surface area contributed by atoms with Gasteiger partial charge >= 0.3 is 17.8 Å². The van der Waals surface area contributed by atoms with Crippen LogP contribution in [0.4, 0.5) is 0 Å². The Kier molecular flexibility index (Phi) is 7.71. The molecule has 3 rings (SSSR count). The molecule has 1 aliphatic carbocycles. The van der Waals surface area contributed by atoms with Crippen molar-refractivity contribution < 1.29 is 24.2 Å². The number of hydrogen-bond donors (Lipinski definition) is 4. The van der Waals surface area contributed by atoms with Gasteiger partial charge in [-0.2, -0.15) is 0 Å². The fraction of sp³-hybridized carbons (Fsp3) is 0.565. The second kappa shape index (κ2) is 10.5. The first-order valence-electron chi connectivity index (χ1n) is 11.2. The zero-order valence-corrected chi connectivity index (χ0v) is 18.3. The number of nitrogen functional groups attached to an aromatic ring is 1. The molecule has 32 heavy (non-hydrogen) atoms. The Labute approximate surface area is 187 Å². The summed E-state index contributed by atoms with van der Waals surface area (Å²) in [6.07, 6.45) is 5.63. The van der Waals surface area contributed by atoms with Crippen molar-refractivity contribution in [1.82, 2.24) is 10.2 Å². The smallest absolute Gasteiger partial charge is 0.312 e. The molecule has 1 aromatic rings. The highest BCUT2D eigenvalue weighted by molar-refractivity contribution is 6.35. The van der Waals surface area contributed by atoms with Gasteiger partial charge in [0, 0.05) is 18.7 Å². The van der Waals surface area contributed by atoms with Crippen LogP contribution in [0, 0.1) is 11.3 Å². The van der Waals surface area contributed by atoms with Crippen LogP contribution in [0.2, 0.25) is 0 Å². The van der Waals surface area contributed by atoms with Crippen LogP contribution in [0.5, 0.6) is 5.75 Å². The van der Waals surface area contributed by atoms with Crippen molar-refractivity contribution in [3.05, 3.63) is 29.8 Å². The molecule has 0 aromatic heterocycles. The molecular weight excluding hydrogens is 412 g/mol. The summed E-state index contributed by atoms with van der Waals surface area (Å²) in [5.41, 5.74) is 5.18. The van der Waals surface area contributed by atoms with E-state index in [2.05, 4.69) is 5.32 Å². The third-order valence-electron chi connectivity index (χ3n) is 6.61. The summed E-state index contributed by atoms with van der Waals surface area (Å²) >= 11 is 0. The minimum atomic E-state index is -0.963. The van der Waals surface area contributed by atoms with Crippen LogP contribution < -0.4 is 15.8 Å². The predicted molar refractivity (Wildman–Crippen MR) is 118 cm³/mol. The van der Waals surface area contributed by atoms with E-state index in [9.17, 15) is 19.5 Å². The number of aliphatic carboxylic acids is 1. The number of carboxylic acid groups (broad SMARTS) is 1. The molecule has 1 heterocycles. The largest absolute Gasteiger partial charge is 0.494 e. The number of carbonyl (C=O) groups excluding carboxylic acids is 2. The van der Waals surface area contributed by atoms with Gasteiger partial charge in [-0.25, -0.2) is 0 Å². The average Bonchev–Trinajstić information content (AvgIpc) is 2.78. The van der Waals surface area contributed by atoms with E-state index in [0.29, 0.717) is 43.9 Å². The summed E-state index contributed by atoms with van der Waals surface area (Å²) in [5, 5.41) is 19.8. The first-order chi connectivity index (χ1) is 15.3. The molecule has 2 aliphatic rings. The Morgan fingerprint density at radius 3 is 2.53 bits per heavy atom. The lowest BCUT2D eigenvalue weighted by molar-refractivity contribution is -0.160. The quantitative estimate of drug-likeness (QED) is 0.188. The second-order valence-corrected chi connectivity index (χ2v) is 8.61. The van der Waals surface area contributed by atoms with Gasteiger partial charge in [0.05, 0.1) is 18.6 Å². The highest BCUT2D eigenvalue weighted by atomic mass is 16.5. The number of carboxylic acids is 1. The Hall–Kier alpha value is -3.10. The zero-order chi connectivity index (χ0) is 23.1. The van der Waals surface area contributed by atoms with Gasteiger partial charge in [-0.3, -0.25) is 19.8 Å². The Morgan fingerprint density at radius 2 is 1.91 bits per heavy atom. The molecule has 1 unspecified atom stereocenters. The molecule has 0 bridgehead atoms. The number of hydrogen-bond acceptors (Lipinski definition) is 5. The predicted octanol–water partition coefficient (Wildman–Crippen LogP) is 1.88. The van der Waals surface area contributed by atoms with E-state index >= 15 is 0 Å². The van der Waals surface area contributed by atoms with Crippen LogP contribution >= 0.6 is 0 Å². The number of amides is 2. The molecule has 2 amide bonds. The molecule has 1 aromatic carbocycles. The third kappa shape index (κ3) is 5.38. The van der Waals surface area contributed by atoms with Gasteiger partial charge in [-0.1, -0.05) is 19.3 Å². The second-order valence-electron chi connectivity index (χ2n) is 8.61. The monoisotopic (exact) mass is 444 g/mol. The van der Waals surface area contributed by atoms with Crippen LogP contribution in [-0.4, -0.2) is 58.9 Å². The maximum atomic E-state index is 12.8. The minimum Gasteiger partial charge on any atom is -0.494 e. The van der Waals surface area contributed by atoms with E-state index in [-0.39, 0.29) is 18.2 Å². The molecule has 5 N–H and O–H groups in total. The summed E-state index contributed by atoms with van der Waals surface area (Å²) < 4.78 is 5.82. The summed E-state index contributed by atoms with van der Waals surface area (Å²) in [6, 6.07) is 6.89. The minimum absolute atomic E-state index is 0.0160. The summed E-state index contributed by atoms with van der Waals surface area (Å²) in [5.74, 6) is -1.61. The van der Waals surface area contributed by atoms with Crippen molar-refractivity contribution in [2.24, 2.45) is 11.7 Å². The molecule has 9 heteroatoms. The molecule has 1 atom stereocenters. The topological polar surface area (TPSA) is 146 Å². The number of piperazine rings is 1. The highest BCUT2D eigenvalue weighted by Crippen LogP contribution is 2.42. The zero-order valence-electron chi connectivity index (χ0n) is 18.3. The van der Waals surface area contributed by atoms with Gasteiger partial charge in [-0.05, 0) is 55.9 Å². The van der Waals surface area contributed by atoms with Gasteiger partial charge in [0.2, 0.25) is 0 Å². The standard InChI is InChI=1S/C23H32N4O5/c24-20(25)16-7-9-18(10-8-16)32-14-4-11-23(15-19(28)29,17-5-2-1-3-6-17)27-13-12-26-21(30)22(27)31/h7-10,17H,1-6,11-15H2,(H3,24,25)(H,26,30)(H,28,29). The fourth-order valence-corrected chi connectivity index (χ4v) is 5.09. The molecule has 1 saturated heterocycles. The van der Waals surface area contributed by atoms with Crippen LogP contribution in [0.1, 0.15) is 56.9 Å². The van der Waals surface area contributed by atoms with Crippen molar-refractivity contribution in [2.75, 3.05) is 19.7 Å². The number of nitrogens with one attached hydrogen (secondary N) is 2. The molecule has 174 valence electrons. The van der Waals surface area contributed by atoms with E-state index in [1.807, 2.05) is 0 Å². The average molecular weight is 445 g/mol. The first kappa shape index (κ1) is 23.6. The van der Waals surface area contributed by atoms with E-state index in [1.54, 1.807) is 24.3 Å². The molecular formula is C23H32N4O5. The number of ether oxygens (including phenoxy) is 1. The molecule has 2 fully saturated rings. The van der Waals surface area contributed by atoms with Crippen molar-refractivity contribution in [3.63, 3.8) is 0 Å². The van der Waals surface area contributed by atoms with Crippen LogP contribution in [-0.2, 0) is 14.4 Å². The molecule has 1 aliphatic heterocycles. The summed E-state index contributed by atoms with van der Waals surface area (Å²) in [6.45, 7) is 1.00. The number of nitrogens with zero attached hydrogens (tertiary/aromatic N) is 1. The van der Waals surface area contributed by atoms with Gasteiger partial charge < -0.3 is 25.8 Å². The highest BCUT2D eigenvalue weighted by Gasteiger charge is 2.49. The Balaban J connectivity index is 1.76. The number of amidine groups is 1. The Morgan fingerprint density at radius 1 is 1.22 bits per heavy atom. The Bertz CT molecular complexity index is 850. The molecule has 9 nitrogen and oxygen atoms in total. The molecule has 0 spiro atoms. The van der Waals surface area contributed by atoms with Crippen molar-refractivity contribution >= 4 is 23.6 Å². The molecule has 1 saturated carbocycles. The van der Waals surface area contributed by atoms with E-state index in [1.165, 1.54) is 4.90 Å². The third-order valence-corrected chi connectivity index (χ3v) is 6.61. The van der Waals surface area contributed by atoms with Gasteiger partial charge in [0.25, 0.3) is 0 Å². The fourth-order valence-electron chi connectivity index (χ4n) is 5.09. The normalized spacial score (nSPS) is 19.2. The number of rotatable bonds is 10. The van der Waals surface area contributed by atoms with Crippen molar-refractivity contribution in [3.8, 4) is 5.75 Å². The van der Waals surface area contributed by atoms with Gasteiger partial charge in [0.15, 0.2) is 0 Å². The van der Waals surface area contributed by atoms with Gasteiger partial charge in [-0.15, -0.1) is 0 Å². The van der Waals surface area contributed by atoms with E-state index in [4.69, 9.17) is 15.9 Å². The van der Waals surface area contributed by atoms with Crippen LogP contribution in [0.25, 0.3) is 0 Å². The van der Waals surface area contributed by atoms with Crippen molar-refractivity contribution in [1.29, 1.82) is 5.41 Å². The maximum Gasteiger partial charge on any atom is 0.312 e. The molecule has 0 radical (unpaired) electrons. The van der Waals surface area contributed by atoms with Crippen LogP contribution in [0.15, 0.2) is 24.3 Å².